The van der Waals surface area contributed by atoms with E-state index in [1.807, 2.05) is 30.3 Å². The Bertz CT molecular complexity index is 585. The maximum Gasteiger partial charge on any atom is 0.152 e. The topological polar surface area (TPSA) is 69.4 Å². The predicted molar refractivity (Wildman–Crippen MR) is 78.9 cm³/mol. The molecule has 1 aromatic rings. The lowest BCUT2D eigenvalue weighted by Crippen LogP contribution is -2.32. The van der Waals surface area contributed by atoms with Gasteiger partial charge in [-0.1, -0.05) is 42.5 Å². The van der Waals surface area contributed by atoms with Gasteiger partial charge in [0, 0.05) is 19.3 Å². The van der Waals surface area contributed by atoms with Crippen molar-refractivity contribution in [3.05, 3.63) is 35.9 Å². The van der Waals surface area contributed by atoms with Crippen LogP contribution in [-0.4, -0.2) is 38.6 Å². The molecule has 6 heteroatoms. The van der Waals surface area contributed by atoms with E-state index >= 15 is 0 Å². The summed E-state index contributed by atoms with van der Waals surface area (Å²) in [5, 5.41) is -0.597. The zero-order valence-electron chi connectivity index (χ0n) is 10.9. The van der Waals surface area contributed by atoms with Crippen molar-refractivity contribution in [1.29, 1.82) is 0 Å². The van der Waals surface area contributed by atoms with Crippen molar-refractivity contribution in [3.8, 4) is 0 Å². The first-order valence-electron chi connectivity index (χ1n) is 5.88. The summed E-state index contributed by atoms with van der Waals surface area (Å²) in [4.78, 5) is 0.207. The molecule has 19 heavy (non-hydrogen) atoms. The molecule has 2 N–H and O–H groups in total. The van der Waals surface area contributed by atoms with Gasteiger partial charge in [-0.15, -0.1) is 0 Å². The minimum atomic E-state index is -3.25. The monoisotopic (exact) mass is 299 g/mol. The van der Waals surface area contributed by atoms with Gasteiger partial charge >= 0.3 is 0 Å². The summed E-state index contributed by atoms with van der Waals surface area (Å²) in [5.41, 5.74) is 5.97. The molecule has 0 unspecified atom stereocenters. The molecule has 0 amide bonds. The summed E-state index contributed by atoms with van der Waals surface area (Å²) in [6.45, 7) is 0.222. The quantitative estimate of drug-likeness (QED) is 0.825. The largest absolute Gasteiger partial charge is 0.393 e. The zero-order valence-corrected chi connectivity index (χ0v) is 12.5. The summed E-state index contributed by atoms with van der Waals surface area (Å²) < 4.78 is 29.2. The molecule has 1 saturated carbocycles. The van der Waals surface area contributed by atoms with Crippen LogP contribution in [0.2, 0.25) is 0 Å². The van der Waals surface area contributed by atoms with E-state index in [0.29, 0.717) is 0 Å². The van der Waals surface area contributed by atoms with Gasteiger partial charge in [-0.2, -0.15) is 0 Å². The van der Waals surface area contributed by atoms with Gasteiger partial charge in [-0.05, 0) is 5.56 Å². The number of hydrogen-bond donors (Lipinski definition) is 1. The number of rotatable bonds is 5. The molecule has 0 aliphatic heterocycles. The molecule has 4 nitrogen and oxygen atoms in total. The van der Waals surface area contributed by atoms with Crippen LogP contribution < -0.4 is 5.73 Å². The highest BCUT2D eigenvalue weighted by atomic mass is 32.2. The highest BCUT2D eigenvalue weighted by Crippen LogP contribution is 2.63. The lowest BCUT2D eigenvalue weighted by Gasteiger charge is -2.15. The Morgan fingerprint density at radius 2 is 2.00 bits per heavy atom. The van der Waals surface area contributed by atoms with Crippen molar-refractivity contribution in [3.63, 3.8) is 0 Å². The molecule has 0 saturated heterocycles. The average Bonchev–Trinajstić information content (AvgIpc) is 3.01. The van der Waals surface area contributed by atoms with Crippen molar-refractivity contribution < 1.29 is 13.2 Å². The Morgan fingerprint density at radius 3 is 2.42 bits per heavy atom. The van der Waals surface area contributed by atoms with Gasteiger partial charge in [0.2, 0.25) is 0 Å². The number of sulfone groups is 1. The van der Waals surface area contributed by atoms with Crippen molar-refractivity contribution in [2.24, 2.45) is 11.1 Å². The third-order valence-electron chi connectivity index (χ3n) is 3.72. The second kappa shape index (κ2) is 4.85. The molecule has 0 heterocycles. The molecule has 0 spiro atoms. The molecule has 0 radical (unpaired) electrons. The van der Waals surface area contributed by atoms with E-state index in [4.69, 9.17) is 22.7 Å². The van der Waals surface area contributed by atoms with Crippen LogP contribution in [0.15, 0.2) is 30.3 Å². The molecule has 104 valence electrons. The highest BCUT2D eigenvalue weighted by molar-refractivity contribution is 7.92. The third-order valence-corrected chi connectivity index (χ3v) is 5.71. The Morgan fingerprint density at radius 1 is 1.42 bits per heavy atom. The van der Waals surface area contributed by atoms with E-state index in [0.717, 1.165) is 5.56 Å². The normalized spacial score (nSPS) is 30.0. The van der Waals surface area contributed by atoms with Crippen molar-refractivity contribution in [2.45, 2.75) is 11.2 Å². The first-order chi connectivity index (χ1) is 8.85. The average molecular weight is 299 g/mol. The summed E-state index contributed by atoms with van der Waals surface area (Å²) in [5.74, 6) is -0.221. The summed E-state index contributed by atoms with van der Waals surface area (Å²) >= 11 is 5.12. The van der Waals surface area contributed by atoms with E-state index in [1.165, 1.54) is 13.4 Å². The maximum absolute atomic E-state index is 12.0. The summed E-state index contributed by atoms with van der Waals surface area (Å²) in [7, 11) is -1.72. The van der Waals surface area contributed by atoms with Crippen LogP contribution in [0.3, 0.4) is 0 Å². The van der Waals surface area contributed by atoms with Crippen molar-refractivity contribution in [1.82, 2.24) is 0 Å². The van der Waals surface area contributed by atoms with Crippen LogP contribution in [0.25, 0.3) is 0 Å². The molecule has 1 aromatic carbocycles. The number of ether oxygens (including phenoxy) is 1. The second-order valence-electron chi connectivity index (χ2n) is 4.98. The molecule has 0 aromatic heterocycles. The highest BCUT2D eigenvalue weighted by Gasteiger charge is 2.71. The first kappa shape index (κ1) is 14.4. The third kappa shape index (κ3) is 2.28. The first-order valence-corrected chi connectivity index (χ1v) is 8.24. The molecule has 3 atom stereocenters. The molecule has 1 aliphatic rings. The Balaban J connectivity index is 2.50. The van der Waals surface area contributed by atoms with Gasteiger partial charge in [0.15, 0.2) is 9.84 Å². The fourth-order valence-corrected chi connectivity index (χ4v) is 5.25. The van der Waals surface area contributed by atoms with Crippen LogP contribution in [0, 0.1) is 5.41 Å². The van der Waals surface area contributed by atoms with Crippen LogP contribution in [0.1, 0.15) is 11.5 Å². The number of hydrogen-bond acceptors (Lipinski definition) is 4. The van der Waals surface area contributed by atoms with Gasteiger partial charge in [-0.25, -0.2) is 8.42 Å². The number of methoxy groups -OCH3 is 1. The van der Waals surface area contributed by atoms with Gasteiger partial charge in [0.1, 0.15) is 0 Å². The van der Waals surface area contributed by atoms with Crippen LogP contribution in [0.4, 0.5) is 0 Å². The van der Waals surface area contributed by atoms with Crippen LogP contribution >= 0.6 is 12.2 Å². The van der Waals surface area contributed by atoms with Crippen LogP contribution in [-0.2, 0) is 14.6 Å². The van der Waals surface area contributed by atoms with E-state index in [2.05, 4.69) is 0 Å². The number of benzene rings is 1. The smallest absolute Gasteiger partial charge is 0.152 e. The van der Waals surface area contributed by atoms with Crippen molar-refractivity contribution in [2.75, 3.05) is 20.0 Å². The maximum atomic E-state index is 12.0. The lowest BCUT2D eigenvalue weighted by atomic mass is 10.00. The number of nitrogens with two attached hydrogens (primary N) is 1. The van der Waals surface area contributed by atoms with Crippen LogP contribution in [0.5, 0.6) is 0 Å². The summed E-state index contributed by atoms with van der Waals surface area (Å²) in [6.07, 6.45) is 1.23. The predicted octanol–water partition coefficient (Wildman–Crippen LogP) is 1.12. The van der Waals surface area contributed by atoms with Gasteiger partial charge < -0.3 is 10.5 Å². The van der Waals surface area contributed by atoms with Gasteiger partial charge in [0.25, 0.3) is 0 Å². The van der Waals surface area contributed by atoms with Gasteiger partial charge in [-0.3, -0.25) is 0 Å². The molecule has 0 bridgehead atoms. The second-order valence-corrected chi connectivity index (χ2v) is 7.58. The molecule has 2 rings (SSSR count). The Kier molecular flexibility index (Phi) is 3.68. The molecule has 1 aliphatic carbocycles. The molecule has 1 fully saturated rings. The zero-order chi connectivity index (χ0) is 14.3. The molecular formula is C13H17NO3S2. The van der Waals surface area contributed by atoms with E-state index in [9.17, 15) is 8.42 Å². The minimum absolute atomic E-state index is 0.207. The number of thiocarbonyl (C=S) groups is 1. The Hall–Kier alpha value is -0.980. The van der Waals surface area contributed by atoms with E-state index < -0.39 is 20.5 Å². The standard InChI is InChI=1S/C13H17NO3S2/c1-17-8-13(12(14)18)10(11(13)19(2,15)16)9-6-4-3-5-7-9/h3-7,10-11H,8H2,1-2H3,(H2,14,18)/t10-,11-,13-/m0/s1. The van der Waals surface area contributed by atoms with E-state index in [-0.39, 0.29) is 17.5 Å². The lowest BCUT2D eigenvalue weighted by molar-refractivity contribution is 0.166. The fourth-order valence-electron chi connectivity index (χ4n) is 2.94. The molecular weight excluding hydrogens is 282 g/mol. The fraction of sp³-hybridized carbons (Fsp3) is 0.462. The van der Waals surface area contributed by atoms with Crippen molar-refractivity contribution >= 4 is 27.0 Å². The minimum Gasteiger partial charge on any atom is -0.393 e. The van der Waals surface area contributed by atoms with E-state index in [1.54, 1.807) is 0 Å². The SMILES string of the molecule is COC[C@]1(C(N)=S)[C@@H](c2ccccc2)[C@@H]1S(C)(=O)=O. The van der Waals surface area contributed by atoms with Gasteiger partial charge in [0.05, 0.1) is 22.3 Å². The Labute approximate surface area is 118 Å². The summed E-state index contributed by atoms with van der Waals surface area (Å²) in [6, 6.07) is 9.45.